The predicted molar refractivity (Wildman–Crippen MR) is 187 cm³/mol. The highest BCUT2D eigenvalue weighted by atomic mass is 32.1. The first-order valence-electron chi connectivity index (χ1n) is 15.2. The molecule has 9 rings (SSSR count). The van der Waals surface area contributed by atoms with Crippen LogP contribution in [0.15, 0.2) is 60.7 Å². The molecule has 3 aromatic carbocycles. The fourth-order valence-electron chi connectivity index (χ4n) is 7.11. The van der Waals surface area contributed by atoms with Crippen molar-refractivity contribution in [3.8, 4) is 0 Å². The van der Waals surface area contributed by atoms with Gasteiger partial charge in [-0.05, 0) is 72.7 Å². The zero-order valence-corrected chi connectivity index (χ0v) is 27.5. The minimum Gasteiger partial charge on any atom is -0.343 e. The van der Waals surface area contributed by atoms with Crippen molar-refractivity contribution in [1.29, 1.82) is 0 Å². The number of carbonyl (C=O) groups excluding carboxylic acids is 4. The first-order valence-corrected chi connectivity index (χ1v) is 16.8. The van der Waals surface area contributed by atoms with Gasteiger partial charge in [0.25, 0.3) is 0 Å². The number of hydrogen-bond donors (Lipinski definition) is 0. The molecule has 0 unspecified atom stereocenters. The molecule has 2 aliphatic rings. The Morgan fingerprint density at radius 2 is 1.04 bits per heavy atom. The molecule has 4 aromatic heterocycles. The number of rotatable bonds is 2. The third-order valence-corrected chi connectivity index (χ3v) is 11.8. The smallest absolute Gasteiger partial charge is 0.343 e. The van der Waals surface area contributed by atoms with Crippen molar-refractivity contribution in [3.05, 3.63) is 104 Å². The molecular weight excluding hydrogens is 670 g/mol. The van der Waals surface area contributed by atoms with E-state index in [-0.39, 0.29) is 16.7 Å². The van der Waals surface area contributed by atoms with Crippen LogP contribution in [0, 0.1) is 6.92 Å². The number of ketones is 4. The van der Waals surface area contributed by atoms with E-state index in [0.29, 0.717) is 21.6 Å². The second-order valence-corrected chi connectivity index (χ2v) is 14.6. The van der Waals surface area contributed by atoms with Gasteiger partial charge in [-0.2, -0.15) is 13.2 Å². The molecule has 0 bridgehead atoms. The summed E-state index contributed by atoms with van der Waals surface area (Å²) in [7, 11) is 3.91. The topological polar surface area (TPSA) is 78.1 Å². The highest BCUT2D eigenvalue weighted by molar-refractivity contribution is 7.21. The van der Waals surface area contributed by atoms with Gasteiger partial charge in [0, 0.05) is 56.9 Å². The van der Waals surface area contributed by atoms with E-state index in [9.17, 15) is 32.3 Å². The van der Waals surface area contributed by atoms with Crippen LogP contribution in [0.4, 0.5) is 13.2 Å². The van der Waals surface area contributed by atoms with Crippen molar-refractivity contribution in [2.75, 3.05) is 0 Å². The number of aryl methyl sites for hydroxylation is 3. The van der Waals surface area contributed by atoms with Gasteiger partial charge in [-0.15, -0.1) is 22.7 Å². The van der Waals surface area contributed by atoms with E-state index in [1.165, 1.54) is 17.4 Å². The van der Waals surface area contributed by atoms with Crippen LogP contribution >= 0.6 is 22.7 Å². The molecule has 0 atom stereocenters. The fraction of sp³-hybridized carbons (Fsp3) is 0.105. The van der Waals surface area contributed by atoms with Crippen LogP contribution in [-0.4, -0.2) is 32.3 Å². The largest absolute Gasteiger partial charge is 0.416 e. The van der Waals surface area contributed by atoms with Gasteiger partial charge >= 0.3 is 6.18 Å². The van der Waals surface area contributed by atoms with Crippen LogP contribution in [0.1, 0.15) is 52.7 Å². The summed E-state index contributed by atoms with van der Waals surface area (Å²) in [4.78, 5) is 52.5. The number of carbonyl (C=O) groups is 4. The molecule has 11 heteroatoms. The van der Waals surface area contributed by atoms with Crippen LogP contribution in [0.3, 0.4) is 0 Å². The Morgan fingerprint density at radius 3 is 1.53 bits per heavy atom. The van der Waals surface area contributed by atoms with E-state index in [1.807, 2.05) is 49.9 Å². The molecule has 0 fully saturated rings. The Morgan fingerprint density at radius 1 is 0.571 bits per heavy atom. The molecule has 2 aliphatic carbocycles. The summed E-state index contributed by atoms with van der Waals surface area (Å²) >= 11 is 2.96. The van der Waals surface area contributed by atoms with Gasteiger partial charge < -0.3 is 9.13 Å². The van der Waals surface area contributed by atoms with Gasteiger partial charge in [0.2, 0.25) is 23.1 Å². The van der Waals surface area contributed by atoms with Crippen LogP contribution < -0.4 is 0 Å². The van der Waals surface area contributed by atoms with Crippen LogP contribution in [0.2, 0.25) is 0 Å². The molecule has 0 radical (unpaired) electrons. The minimum absolute atomic E-state index is 0.00374. The number of halogens is 3. The summed E-state index contributed by atoms with van der Waals surface area (Å²) in [6.07, 6.45) is -1.29. The first kappa shape index (κ1) is 29.7. The molecule has 0 aliphatic heterocycles. The van der Waals surface area contributed by atoms with Crippen molar-refractivity contribution in [2.24, 2.45) is 14.1 Å². The molecule has 7 aromatic rings. The quantitative estimate of drug-likeness (QED) is 0.134. The number of aromatic nitrogens is 2. The molecular formula is C38H21F3N2O4S2. The second-order valence-electron chi connectivity index (χ2n) is 12.5. The lowest BCUT2D eigenvalue weighted by atomic mass is 10.0. The molecule has 0 saturated heterocycles. The third-order valence-electron chi connectivity index (χ3n) is 9.58. The van der Waals surface area contributed by atoms with E-state index in [2.05, 4.69) is 16.7 Å². The normalized spacial score (nSPS) is 16.6. The van der Waals surface area contributed by atoms with E-state index in [4.69, 9.17) is 0 Å². The molecule has 6 nitrogen and oxygen atoms in total. The number of nitrogens with zero attached hydrogens (tertiary/aromatic N) is 2. The highest BCUT2D eigenvalue weighted by Gasteiger charge is 2.38. The zero-order valence-electron chi connectivity index (χ0n) is 25.9. The lowest BCUT2D eigenvalue weighted by Gasteiger charge is -2.08. The second kappa shape index (κ2) is 9.83. The van der Waals surface area contributed by atoms with E-state index in [0.717, 1.165) is 70.9 Å². The Labute approximate surface area is 283 Å². The number of fused-ring (bicyclic) bond motifs is 8. The van der Waals surface area contributed by atoms with Gasteiger partial charge in [0.15, 0.2) is 0 Å². The summed E-state index contributed by atoms with van der Waals surface area (Å²) in [5.74, 6) is -2.61. The average molecular weight is 691 g/mol. The number of Topliss-reactive ketones (excluding diaryl/α,β-unsaturated/α-hetero) is 4. The van der Waals surface area contributed by atoms with Gasteiger partial charge in [0.05, 0.1) is 37.0 Å². The lowest BCUT2D eigenvalue weighted by molar-refractivity contribution is -0.137. The summed E-state index contributed by atoms with van der Waals surface area (Å²) in [6, 6.07) is 16.3. The van der Waals surface area contributed by atoms with Crippen LogP contribution in [-0.2, 0) is 29.9 Å². The summed E-state index contributed by atoms with van der Waals surface area (Å²) in [5, 5.41) is 2.01. The number of benzene rings is 3. The SMILES string of the molecule is Cc1ccc2c(c1)/C(=C/c1cc3c(s1)c1cc4c(cc1n3C)c1sc(/C=C3\C(=O)C(=O)c5ccc(C(F)(F)F)cc53)cc1n4C)C(=O)C2=O. The maximum Gasteiger partial charge on any atom is 0.416 e. The standard InChI is InChI=1S/C38H21F3N2O4S2/c1-16-4-6-20-22(8-16)24(34(46)32(20)44)10-18-12-30-36(48-18)26-14-29-27(15-28(26)42(30)2)37-31(43(29)3)13-19(49-37)11-25-23-9-17(38(39,40)41)5-7-21(23)33(45)35(25)47/h4-15H,1-3H3/b24-10-,25-11-. The van der Waals surface area contributed by atoms with Crippen molar-refractivity contribution in [2.45, 2.75) is 13.1 Å². The summed E-state index contributed by atoms with van der Waals surface area (Å²) < 4.78 is 46.5. The van der Waals surface area contributed by atoms with Crippen molar-refractivity contribution in [3.63, 3.8) is 0 Å². The minimum atomic E-state index is -4.61. The average Bonchev–Trinajstić information content (AvgIpc) is 3.88. The molecule has 0 spiro atoms. The maximum absolute atomic E-state index is 13.5. The first-order chi connectivity index (χ1) is 23.3. The number of allylic oxidation sites excluding steroid dienone is 2. The monoisotopic (exact) mass is 690 g/mol. The molecule has 49 heavy (non-hydrogen) atoms. The Hall–Kier alpha value is -5.39. The summed E-state index contributed by atoms with van der Waals surface area (Å²) in [5.41, 5.74) is 5.32. The predicted octanol–water partition coefficient (Wildman–Crippen LogP) is 9.04. The van der Waals surface area contributed by atoms with E-state index >= 15 is 0 Å². The van der Waals surface area contributed by atoms with Gasteiger partial charge in [-0.3, -0.25) is 19.2 Å². The molecule has 0 saturated carbocycles. The van der Waals surface area contributed by atoms with Gasteiger partial charge in [-0.1, -0.05) is 23.8 Å². The number of thiophene rings is 2. The molecule has 0 amide bonds. The fourth-order valence-corrected chi connectivity index (χ4v) is 9.42. The Bertz CT molecular complexity index is 2820. The number of hydrogen-bond acceptors (Lipinski definition) is 6. The van der Waals surface area contributed by atoms with Crippen molar-refractivity contribution < 1.29 is 32.3 Å². The maximum atomic E-state index is 13.5. The van der Waals surface area contributed by atoms with Gasteiger partial charge in [-0.25, -0.2) is 0 Å². The third kappa shape index (κ3) is 4.12. The molecule has 4 heterocycles. The van der Waals surface area contributed by atoms with Crippen molar-refractivity contribution in [1.82, 2.24) is 9.13 Å². The van der Waals surface area contributed by atoms with E-state index < -0.39 is 34.9 Å². The zero-order chi connectivity index (χ0) is 34.3. The van der Waals surface area contributed by atoms with Crippen LogP contribution in [0.5, 0.6) is 0 Å². The number of alkyl halides is 3. The van der Waals surface area contributed by atoms with E-state index in [1.54, 1.807) is 23.5 Å². The Balaban J connectivity index is 1.15. The summed E-state index contributed by atoms with van der Waals surface area (Å²) in [6.45, 7) is 1.93. The molecule has 240 valence electrons. The molecule has 0 N–H and O–H groups in total. The van der Waals surface area contributed by atoms with Crippen LogP contribution in [0.25, 0.3) is 65.5 Å². The van der Waals surface area contributed by atoms with Gasteiger partial charge in [0.1, 0.15) is 0 Å². The lowest BCUT2D eigenvalue weighted by Crippen LogP contribution is -2.06. The van der Waals surface area contributed by atoms with Crippen molar-refractivity contribution >= 4 is 111 Å². The highest BCUT2D eigenvalue weighted by Crippen LogP contribution is 2.44. The Kier molecular flexibility index (Phi) is 5.97.